The third kappa shape index (κ3) is 11.5. The number of hydrogen-bond donors (Lipinski definition) is 4. The molecule has 1 aromatic carbocycles. The normalized spacial score (nSPS) is 15.0. The van der Waals surface area contributed by atoms with Gasteiger partial charge in [0.2, 0.25) is 0 Å². The molecule has 3 unspecified atom stereocenters. The molecule has 11 nitrogen and oxygen atoms in total. The van der Waals surface area contributed by atoms with Gasteiger partial charge in [-0.05, 0) is 45.1 Å². The van der Waals surface area contributed by atoms with Crippen molar-refractivity contribution in [2.75, 3.05) is 6.54 Å². The highest BCUT2D eigenvalue weighted by molar-refractivity contribution is 7.53. The molecule has 0 aliphatic rings. The zero-order valence-electron chi connectivity index (χ0n) is 20.1. The first-order chi connectivity index (χ1) is 15.7. The second-order valence-electron chi connectivity index (χ2n) is 8.96. The summed E-state index contributed by atoms with van der Waals surface area (Å²) in [5.41, 5.74) is 0.0506. The Hall–Kier alpha value is -2.62. The molecule has 0 aliphatic heterocycles. The van der Waals surface area contributed by atoms with E-state index in [9.17, 15) is 28.9 Å². The molecular formula is C22H35N2O9P. The monoisotopic (exact) mass is 502 g/mol. The molecule has 1 aromatic rings. The number of carboxylic acid groups (broad SMARTS) is 1. The summed E-state index contributed by atoms with van der Waals surface area (Å²) in [5, 5.41) is 14.2. The van der Waals surface area contributed by atoms with Gasteiger partial charge in [-0.25, -0.2) is 14.4 Å². The summed E-state index contributed by atoms with van der Waals surface area (Å²) >= 11 is 0. The number of amides is 2. The van der Waals surface area contributed by atoms with E-state index >= 15 is 0 Å². The maximum absolute atomic E-state index is 12.9. The van der Waals surface area contributed by atoms with Crippen molar-refractivity contribution in [1.82, 2.24) is 10.6 Å². The Kier molecular flexibility index (Phi) is 11.5. The van der Waals surface area contributed by atoms with Crippen molar-refractivity contribution < 1.29 is 42.9 Å². The van der Waals surface area contributed by atoms with Crippen molar-refractivity contribution in [3.05, 3.63) is 35.9 Å². The maximum Gasteiger partial charge on any atom is 0.408 e. The molecule has 0 saturated carbocycles. The van der Waals surface area contributed by atoms with Crippen LogP contribution in [-0.4, -0.2) is 52.2 Å². The Balaban J connectivity index is 2.66. The summed E-state index contributed by atoms with van der Waals surface area (Å²) < 4.78 is 28.1. The lowest BCUT2D eigenvalue weighted by molar-refractivity contribution is -0.145. The van der Waals surface area contributed by atoms with Gasteiger partial charge in [0.15, 0.2) is 6.10 Å². The third-order valence-electron chi connectivity index (χ3n) is 4.33. The molecule has 0 bridgehead atoms. The van der Waals surface area contributed by atoms with E-state index in [1.807, 2.05) is 6.07 Å². The van der Waals surface area contributed by atoms with E-state index in [0.29, 0.717) is 0 Å². The number of carbonyl (C=O) groups excluding carboxylic acids is 2. The minimum absolute atomic E-state index is 0.0452. The van der Waals surface area contributed by atoms with Crippen molar-refractivity contribution in [1.29, 1.82) is 0 Å². The van der Waals surface area contributed by atoms with E-state index in [1.165, 1.54) is 0 Å². The fourth-order valence-electron chi connectivity index (χ4n) is 2.77. The summed E-state index contributed by atoms with van der Waals surface area (Å²) in [7, 11) is -4.62. The Morgan fingerprint density at radius 3 is 2.24 bits per heavy atom. The Morgan fingerprint density at radius 1 is 1.09 bits per heavy atom. The van der Waals surface area contributed by atoms with Gasteiger partial charge in [0.1, 0.15) is 18.0 Å². The van der Waals surface area contributed by atoms with Crippen molar-refractivity contribution in [3.8, 4) is 0 Å². The fourth-order valence-corrected chi connectivity index (χ4v) is 4.49. The van der Waals surface area contributed by atoms with E-state index in [4.69, 9.17) is 14.0 Å². The molecule has 34 heavy (non-hydrogen) atoms. The van der Waals surface area contributed by atoms with E-state index in [1.54, 1.807) is 58.9 Å². The lowest BCUT2D eigenvalue weighted by atomic mass is 10.2. The van der Waals surface area contributed by atoms with Crippen molar-refractivity contribution in [2.24, 2.45) is 5.92 Å². The summed E-state index contributed by atoms with van der Waals surface area (Å²) in [6, 6.07) is 8.87. The molecule has 0 spiro atoms. The van der Waals surface area contributed by atoms with Gasteiger partial charge in [-0.15, -0.1) is 0 Å². The average Bonchev–Trinajstić information content (AvgIpc) is 2.71. The lowest BCUT2D eigenvalue weighted by Gasteiger charge is -2.28. The molecule has 3 atom stereocenters. The molecule has 0 aromatic heterocycles. The molecule has 0 fully saturated rings. The second-order valence-corrected chi connectivity index (χ2v) is 10.9. The van der Waals surface area contributed by atoms with Crippen LogP contribution in [0.5, 0.6) is 0 Å². The van der Waals surface area contributed by atoms with Gasteiger partial charge in [0.25, 0.3) is 0 Å². The lowest BCUT2D eigenvalue weighted by Crippen LogP contribution is -2.40. The van der Waals surface area contributed by atoms with Gasteiger partial charge < -0.3 is 30.1 Å². The van der Waals surface area contributed by atoms with E-state index in [0.717, 1.165) is 5.56 Å². The Morgan fingerprint density at radius 2 is 1.71 bits per heavy atom. The van der Waals surface area contributed by atoms with Gasteiger partial charge >= 0.3 is 25.8 Å². The fraction of sp³-hybridized carbons (Fsp3) is 0.591. The zero-order chi connectivity index (χ0) is 25.9. The average molecular weight is 503 g/mol. The van der Waals surface area contributed by atoms with Crippen LogP contribution in [0.25, 0.3) is 0 Å². The number of nitrogens with one attached hydrogen (secondary N) is 2. The largest absolute Gasteiger partial charge is 0.479 e. The predicted molar refractivity (Wildman–Crippen MR) is 124 cm³/mol. The first-order valence-corrected chi connectivity index (χ1v) is 12.5. The summed E-state index contributed by atoms with van der Waals surface area (Å²) in [6.45, 7) is 8.30. The van der Waals surface area contributed by atoms with Crippen LogP contribution >= 0.6 is 7.60 Å². The number of hydrogen-bond acceptors (Lipinski definition) is 7. The SMILES string of the molecule is CC(C)C(NC(=O)OCc1ccccc1)P(=O)(O)OC(CCCNC(=O)OC(C)(C)C)C(=O)O. The Bertz CT molecular complexity index is 856. The number of benzene rings is 1. The third-order valence-corrected chi connectivity index (χ3v) is 6.31. The number of alkyl carbamates (subject to hydrolysis) is 2. The smallest absolute Gasteiger partial charge is 0.408 e. The molecular weight excluding hydrogens is 467 g/mol. The minimum atomic E-state index is -4.62. The van der Waals surface area contributed by atoms with Gasteiger partial charge in [0.05, 0.1) is 0 Å². The minimum Gasteiger partial charge on any atom is -0.479 e. The highest BCUT2D eigenvalue weighted by Crippen LogP contribution is 2.50. The number of carboxylic acids is 1. The predicted octanol–water partition coefficient (Wildman–Crippen LogP) is 3.86. The van der Waals surface area contributed by atoms with Crippen molar-refractivity contribution in [2.45, 2.75) is 71.6 Å². The molecule has 192 valence electrons. The molecule has 0 aliphatic carbocycles. The molecule has 1 rings (SSSR count). The van der Waals surface area contributed by atoms with Crippen LogP contribution < -0.4 is 10.6 Å². The van der Waals surface area contributed by atoms with Crippen LogP contribution in [0.2, 0.25) is 0 Å². The van der Waals surface area contributed by atoms with E-state index in [2.05, 4.69) is 10.6 Å². The topological polar surface area (TPSA) is 160 Å². The van der Waals surface area contributed by atoms with Crippen LogP contribution in [-0.2, 0) is 30.0 Å². The molecule has 0 saturated heterocycles. The first kappa shape index (κ1) is 29.4. The van der Waals surface area contributed by atoms with Crippen molar-refractivity contribution >= 4 is 25.8 Å². The first-order valence-electron chi connectivity index (χ1n) is 10.9. The molecule has 4 N–H and O–H groups in total. The van der Waals surface area contributed by atoms with E-state index < -0.39 is 49.2 Å². The molecule has 12 heteroatoms. The van der Waals surface area contributed by atoms with Crippen LogP contribution in [0, 0.1) is 5.92 Å². The summed E-state index contributed by atoms with van der Waals surface area (Å²) in [5.74, 6) is -3.40. The molecule has 0 radical (unpaired) electrons. The second kappa shape index (κ2) is 13.3. The van der Waals surface area contributed by atoms with Crippen LogP contribution in [0.4, 0.5) is 9.59 Å². The molecule has 2 amide bonds. The quantitative estimate of drug-likeness (QED) is 0.246. The summed E-state index contributed by atoms with van der Waals surface area (Å²) in [6.07, 6.45) is -3.23. The van der Waals surface area contributed by atoms with Crippen molar-refractivity contribution in [3.63, 3.8) is 0 Å². The van der Waals surface area contributed by atoms with Crippen LogP contribution in [0.15, 0.2) is 30.3 Å². The number of ether oxygens (including phenoxy) is 2. The molecule has 0 heterocycles. The maximum atomic E-state index is 12.9. The summed E-state index contributed by atoms with van der Waals surface area (Å²) in [4.78, 5) is 45.9. The number of rotatable bonds is 12. The van der Waals surface area contributed by atoms with Crippen LogP contribution in [0.1, 0.15) is 53.0 Å². The van der Waals surface area contributed by atoms with Gasteiger partial charge in [-0.2, -0.15) is 0 Å². The number of aliphatic carboxylic acids is 1. The standard InChI is InChI=1S/C22H35N2O9P/c1-15(2)18(24-21(28)31-14-16-10-7-6-8-11-16)34(29,30)33-17(19(25)26)12-9-13-23-20(27)32-22(3,4)5/h6-8,10-11,15,17-18H,9,12-14H2,1-5H3,(H,23,27)(H,24,28)(H,25,26)(H,29,30). The Labute approximate surface area is 199 Å². The van der Waals surface area contributed by atoms with Gasteiger partial charge in [-0.1, -0.05) is 44.2 Å². The van der Waals surface area contributed by atoms with Crippen LogP contribution in [0.3, 0.4) is 0 Å². The van der Waals surface area contributed by atoms with E-state index in [-0.39, 0.29) is 26.0 Å². The zero-order valence-corrected chi connectivity index (χ0v) is 21.0. The van der Waals surface area contributed by atoms with Gasteiger partial charge in [-0.3, -0.25) is 9.09 Å². The highest BCUT2D eigenvalue weighted by Gasteiger charge is 2.40. The van der Waals surface area contributed by atoms with Gasteiger partial charge in [0, 0.05) is 6.54 Å². The number of carbonyl (C=O) groups is 3. The highest BCUT2D eigenvalue weighted by atomic mass is 31.2.